The molecule has 0 spiro atoms. The summed E-state index contributed by atoms with van der Waals surface area (Å²) in [5.41, 5.74) is 1.86. The molecule has 3 rings (SSSR count). The van der Waals surface area contributed by atoms with E-state index in [1.165, 1.54) is 0 Å². The van der Waals surface area contributed by atoms with Crippen LogP contribution < -0.4 is 0 Å². The zero-order chi connectivity index (χ0) is 13.4. The third-order valence-electron chi connectivity index (χ3n) is 2.86. The number of nitrogens with zero attached hydrogens (tertiary/aromatic N) is 2. The number of halogens is 1. The Morgan fingerprint density at radius 3 is 2.84 bits per heavy atom. The molecule has 0 saturated carbocycles. The lowest BCUT2D eigenvalue weighted by Crippen LogP contribution is -1.97. The second kappa shape index (κ2) is 4.40. The molecule has 2 aromatic heterocycles. The number of hydrogen-bond acceptors (Lipinski definition) is 2. The van der Waals surface area contributed by atoms with Gasteiger partial charge >= 0.3 is 5.97 Å². The number of aromatic carboxylic acids is 1. The van der Waals surface area contributed by atoms with E-state index in [2.05, 4.69) is 4.98 Å². The molecule has 0 saturated heterocycles. The second-order valence-corrected chi connectivity index (χ2v) is 4.54. The molecule has 0 aliphatic rings. The van der Waals surface area contributed by atoms with Crippen LogP contribution in [0.2, 0.25) is 5.02 Å². The maximum absolute atomic E-state index is 10.9. The van der Waals surface area contributed by atoms with Crippen LogP contribution in [0.5, 0.6) is 0 Å². The van der Waals surface area contributed by atoms with Gasteiger partial charge in [-0.25, -0.2) is 9.78 Å². The summed E-state index contributed by atoms with van der Waals surface area (Å²) in [6, 6.07) is 10.5. The summed E-state index contributed by atoms with van der Waals surface area (Å²) in [5.74, 6) is -0.220. The molecule has 1 N–H and O–H groups in total. The van der Waals surface area contributed by atoms with Crippen molar-refractivity contribution in [3.8, 4) is 11.4 Å². The van der Waals surface area contributed by atoms with E-state index in [4.69, 9.17) is 16.7 Å². The van der Waals surface area contributed by atoms with Gasteiger partial charge < -0.3 is 5.11 Å². The van der Waals surface area contributed by atoms with Crippen molar-refractivity contribution >= 4 is 23.1 Å². The van der Waals surface area contributed by atoms with Crippen LogP contribution in [0, 0.1) is 0 Å². The molecule has 0 fully saturated rings. The van der Waals surface area contributed by atoms with E-state index in [1.807, 2.05) is 22.6 Å². The molecule has 94 valence electrons. The summed E-state index contributed by atoms with van der Waals surface area (Å²) in [7, 11) is 0. The number of imidazole rings is 1. The van der Waals surface area contributed by atoms with Gasteiger partial charge in [-0.05, 0) is 24.3 Å². The molecule has 0 aliphatic heterocycles. The van der Waals surface area contributed by atoms with Crippen molar-refractivity contribution in [3.05, 3.63) is 59.4 Å². The van der Waals surface area contributed by atoms with Crippen molar-refractivity contribution in [2.24, 2.45) is 0 Å². The third-order valence-corrected chi connectivity index (χ3v) is 3.10. The minimum absolute atomic E-state index is 0.241. The summed E-state index contributed by atoms with van der Waals surface area (Å²) >= 11 is 5.96. The largest absolute Gasteiger partial charge is 0.478 e. The predicted molar refractivity (Wildman–Crippen MR) is 72.6 cm³/mol. The van der Waals surface area contributed by atoms with Crippen LogP contribution in [-0.4, -0.2) is 20.5 Å². The Hall–Kier alpha value is -2.33. The number of benzene rings is 1. The number of fused-ring (bicyclic) bond motifs is 1. The van der Waals surface area contributed by atoms with E-state index < -0.39 is 5.97 Å². The monoisotopic (exact) mass is 272 g/mol. The van der Waals surface area contributed by atoms with Gasteiger partial charge in [0.25, 0.3) is 0 Å². The number of rotatable bonds is 2. The molecule has 5 heteroatoms. The molecule has 1 aromatic carbocycles. The highest BCUT2D eigenvalue weighted by atomic mass is 35.5. The van der Waals surface area contributed by atoms with Crippen LogP contribution in [0.15, 0.2) is 48.8 Å². The number of carbonyl (C=O) groups is 1. The maximum Gasteiger partial charge on any atom is 0.335 e. The molecule has 0 aliphatic carbocycles. The van der Waals surface area contributed by atoms with Crippen LogP contribution in [-0.2, 0) is 0 Å². The molecule has 4 nitrogen and oxygen atoms in total. The summed E-state index contributed by atoms with van der Waals surface area (Å²) in [6.07, 6.45) is 3.34. The fraction of sp³-hybridized carbons (Fsp3) is 0. The first-order chi connectivity index (χ1) is 9.15. The smallest absolute Gasteiger partial charge is 0.335 e. The summed E-state index contributed by atoms with van der Waals surface area (Å²) in [5, 5.41) is 9.59. The molecule has 0 unspecified atom stereocenters. The number of carboxylic acid groups (broad SMARTS) is 1. The minimum Gasteiger partial charge on any atom is -0.478 e. The Bertz CT molecular complexity index is 780. The van der Waals surface area contributed by atoms with Crippen LogP contribution in [0.3, 0.4) is 0 Å². The van der Waals surface area contributed by atoms with Gasteiger partial charge in [-0.2, -0.15) is 0 Å². The van der Waals surface area contributed by atoms with Crippen molar-refractivity contribution in [1.82, 2.24) is 9.38 Å². The normalized spacial score (nSPS) is 10.8. The van der Waals surface area contributed by atoms with E-state index in [0.717, 1.165) is 16.9 Å². The first kappa shape index (κ1) is 11.7. The summed E-state index contributed by atoms with van der Waals surface area (Å²) in [4.78, 5) is 15.2. The van der Waals surface area contributed by atoms with Gasteiger partial charge in [0.1, 0.15) is 5.82 Å². The molecule has 0 amide bonds. The molecule has 19 heavy (non-hydrogen) atoms. The van der Waals surface area contributed by atoms with Gasteiger partial charge in [0.15, 0.2) is 0 Å². The number of hydrogen-bond donors (Lipinski definition) is 1. The topological polar surface area (TPSA) is 54.6 Å². The highest BCUT2D eigenvalue weighted by molar-refractivity contribution is 6.30. The van der Waals surface area contributed by atoms with E-state index in [0.29, 0.717) is 5.02 Å². The van der Waals surface area contributed by atoms with E-state index in [9.17, 15) is 4.79 Å². The molecular weight excluding hydrogens is 264 g/mol. The maximum atomic E-state index is 10.9. The van der Waals surface area contributed by atoms with Gasteiger partial charge in [-0.1, -0.05) is 23.7 Å². The number of carboxylic acids is 1. The van der Waals surface area contributed by atoms with Crippen molar-refractivity contribution in [2.45, 2.75) is 0 Å². The first-order valence-corrected chi connectivity index (χ1v) is 5.99. The van der Waals surface area contributed by atoms with Crippen molar-refractivity contribution in [2.75, 3.05) is 0 Å². The van der Waals surface area contributed by atoms with Crippen LogP contribution in [0.25, 0.3) is 16.9 Å². The predicted octanol–water partition coefficient (Wildman–Crippen LogP) is 3.35. The second-order valence-electron chi connectivity index (χ2n) is 4.11. The van der Waals surface area contributed by atoms with Gasteiger partial charge in [0.2, 0.25) is 0 Å². The molecule has 0 radical (unpaired) electrons. The van der Waals surface area contributed by atoms with Crippen LogP contribution >= 0.6 is 11.6 Å². The fourth-order valence-electron chi connectivity index (χ4n) is 1.97. The molecule has 3 aromatic rings. The zero-order valence-corrected chi connectivity index (χ0v) is 10.5. The molecular formula is C14H9ClN2O2. The van der Waals surface area contributed by atoms with Crippen molar-refractivity contribution < 1.29 is 9.90 Å². The van der Waals surface area contributed by atoms with Gasteiger partial charge in [0, 0.05) is 16.8 Å². The number of aromatic nitrogens is 2. The summed E-state index contributed by atoms with van der Waals surface area (Å²) < 4.78 is 1.83. The Kier molecular flexibility index (Phi) is 2.72. The van der Waals surface area contributed by atoms with E-state index in [-0.39, 0.29) is 5.56 Å². The van der Waals surface area contributed by atoms with Crippen LogP contribution in [0.4, 0.5) is 0 Å². The average Bonchev–Trinajstić information content (AvgIpc) is 2.81. The lowest BCUT2D eigenvalue weighted by molar-refractivity contribution is 0.0697. The van der Waals surface area contributed by atoms with Gasteiger partial charge in [-0.15, -0.1) is 0 Å². The lowest BCUT2D eigenvalue weighted by Gasteiger charge is -2.02. The summed E-state index contributed by atoms with van der Waals surface area (Å²) in [6.45, 7) is 0. The Labute approximate surface area is 113 Å². The number of pyridine rings is 1. The highest BCUT2D eigenvalue weighted by Crippen LogP contribution is 2.23. The highest BCUT2D eigenvalue weighted by Gasteiger charge is 2.09. The van der Waals surface area contributed by atoms with Crippen LogP contribution in [0.1, 0.15) is 10.4 Å². The van der Waals surface area contributed by atoms with E-state index in [1.54, 1.807) is 30.6 Å². The Balaban J connectivity index is 2.18. The lowest BCUT2D eigenvalue weighted by atomic mass is 10.2. The van der Waals surface area contributed by atoms with Gasteiger partial charge in [-0.3, -0.25) is 4.40 Å². The first-order valence-electron chi connectivity index (χ1n) is 5.61. The third kappa shape index (κ3) is 2.06. The Morgan fingerprint density at radius 1 is 1.26 bits per heavy atom. The van der Waals surface area contributed by atoms with Crippen molar-refractivity contribution in [3.63, 3.8) is 0 Å². The fourth-order valence-corrected chi connectivity index (χ4v) is 2.16. The molecule has 2 heterocycles. The molecule has 0 bridgehead atoms. The molecule has 0 atom stereocenters. The average molecular weight is 273 g/mol. The standard InChI is InChI=1S/C14H9ClN2O2/c15-11-3-1-2-9(6-11)13-16-8-12-7-10(14(18)19)4-5-17(12)13/h1-8H,(H,18,19). The SMILES string of the molecule is O=C(O)c1ccn2c(-c3cccc(Cl)c3)ncc2c1. The quantitative estimate of drug-likeness (QED) is 0.778. The minimum atomic E-state index is -0.951. The van der Waals surface area contributed by atoms with Crippen molar-refractivity contribution in [1.29, 1.82) is 0 Å². The zero-order valence-electron chi connectivity index (χ0n) is 9.75. The van der Waals surface area contributed by atoms with Gasteiger partial charge in [0.05, 0.1) is 17.3 Å². The Morgan fingerprint density at radius 2 is 2.11 bits per heavy atom. The van der Waals surface area contributed by atoms with E-state index >= 15 is 0 Å².